The number of rotatable bonds is 2. The van der Waals surface area contributed by atoms with E-state index in [4.69, 9.17) is 0 Å². The van der Waals surface area contributed by atoms with E-state index in [1.54, 1.807) is 0 Å². The molecule has 0 unspecified atom stereocenters. The summed E-state index contributed by atoms with van der Waals surface area (Å²) in [5.41, 5.74) is 0. The van der Waals surface area contributed by atoms with Crippen LogP contribution in [0.5, 0.6) is 0 Å². The lowest BCUT2D eigenvalue weighted by atomic mass is 10.5. The van der Waals surface area contributed by atoms with Gasteiger partial charge in [-0.2, -0.15) is 33.7 Å². The largest absolute Gasteiger partial charge is 0.290 e. The normalized spacial score (nSPS) is 36.6. The van der Waals surface area contributed by atoms with Gasteiger partial charge in [-0.1, -0.05) is 0 Å². The molecule has 0 saturated carbocycles. The Morgan fingerprint density at radius 3 is 1.59 bits per heavy atom. The minimum atomic E-state index is -4.72. The van der Waals surface area contributed by atoms with Crippen LogP contribution in [0.2, 0.25) is 0 Å². The SMILES string of the molecule is CC1OS(=O)(=O)C(CC2OS(=O)(=O)CS(=O)(=O)O2)S(=O)(=O)O1. The summed E-state index contributed by atoms with van der Waals surface area (Å²) in [5.74, 6) is 0. The Kier molecular flexibility index (Phi) is 4.36. The minimum absolute atomic E-state index is 1.01. The maximum absolute atomic E-state index is 11.7. The third-order valence-electron chi connectivity index (χ3n) is 2.36. The molecule has 0 aromatic rings. The van der Waals surface area contributed by atoms with E-state index in [1.165, 1.54) is 0 Å². The highest BCUT2D eigenvalue weighted by Crippen LogP contribution is 2.30. The fraction of sp³-hybridized carbons (Fsp3) is 1.00. The second-order valence-electron chi connectivity index (χ2n) is 4.27. The van der Waals surface area contributed by atoms with E-state index in [-0.39, 0.29) is 0 Å². The monoisotopic (exact) mass is 402 g/mol. The van der Waals surface area contributed by atoms with Gasteiger partial charge in [0.05, 0.1) is 0 Å². The van der Waals surface area contributed by atoms with Crippen molar-refractivity contribution in [3.8, 4) is 0 Å². The molecule has 2 heterocycles. The van der Waals surface area contributed by atoms with Gasteiger partial charge in [-0.05, 0) is 6.92 Å². The first kappa shape index (κ1) is 18.0. The first-order valence-electron chi connectivity index (χ1n) is 5.39. The minimum Gasteiger partial charge on any atom is -0.236 e. The maximum atomic E-state index is 11.7. The van der Waals surface area contributed by atoms with Gasteiger partial charge >= 0.3 is 0 Å². The molecule has 2 aliphatic rings. The summed E-state index contributed by atoms with van der Waals surface area (Å²) < 4.78 is 107. The Morgan fingerprint density at radius 1 is 0.773 bits per heavy atom. The standard InChI is InChI=1S/C6H10O12S4/c1-4-15-21(11,12)6(22(13,14)16-4)2-5-17-19(7,8)3-20(9,10)18-5/h4-6H,2-3H2,1H3. The first-order valence-corrected chi connectivity index (χ1v) is 11.5. The van der Waals surface area contributed by atoms with Crippen LogP contribution >= 0.6 is 0 Å². The third kappa shape index (κ3) is 3.94. The summed E-state index contributed by atoms with van der Waals surface area (Å²) in [4.78, 5) is 0. The van der Waals surface area contributed by atoms with Crippen LogP contribution in [0.4, 0.5) is 0 Å². The van der Waals surface area contributed by atoms with E-state index in [2.05, 4.69) is 16.7 Å². The summed E-state index contributed by atoms with van der Waals surface area (Å²) in [6.07, 6.45) is -4.94. The van der Waals surface area contributed by atoms with Crippen molar-refractivity contribution in [3.05, 3.63) is 0 Å². The van der Waals surface area contributed by atoms with E-state index < -0.39 is 69.1 Å². The van der Waals surface area contributed by atoms with Crippen LogP contribution in [0, 0.1) is 0 Å². The van der Waals surface area contributed by atoms with Crippen molar-refractivity contribution in [2.45, 2.75) is 30.5 Å². The van der Waals surface area contributed by atoms with Crippen molar-refractivity contribution in [1.29, 1.82) is 0 Å². The smallest absolute Gasteiger partial charge is 0.236 e. The van der Waals surface area contributed by atoms with Crippen LogP contribution in [-0.2, 0) is 57.2 Å². The molecule has 2 fully saturated rings. The van der Waals surface area contributed by atoms with E-state index in [9.17, 15) is 33.7 Å². The summed E-state index contributed by atoms with van der Waals surface area (Å²) in [6, 6.07) is 0. The lowest BCUT2D eigenvalue weighted by Crippen LogP contribution is -2.46. The van der Waals surface area contributed by atoms with Gasteiger partial charge in [0.2, 0.25) is 9.67 Å². The van der Waals surface area contributed by atoms with Crippen molar-refractivity contribution < 1.29 is 50.4 Å². The summed E-state index contributed by atoms with van der Waals surface area (Å²) in [5, 5.41) is -1.47. The molecule has 22 heavy (non-hydrogen) atoms. The average Bonchev–Trinajstić information content (AvgIpc) is 2.17. The van der Waals surface area contributed by atoms with Crippen molar-refractivity contribution in [3.63, 3.8) is 0 Å². The number of hydrogen-bond donors (Lipinski definition) is 0. The highest BCUT2D eigenvalue weighted by atomic mass is 32.3. The van der Waals surface area contributed by atoms with Gasteiger partial charge < -0.3 is 0 Å². The Hall–Kier alpha value is -0.360. The molecule has 0 spiro atoms. The van der Waals surface area contributed by atoms with Gasteiger partial charge in [-0.3, -0.25) is 0 Å². The van der Waals surface area contributed by atoms with Crippen molar-refractivity contribution >= 4 is 40.5 Å². The second-order valence-corrected chi connectivity index (χ2v) is 11.6. The van der Waals surface area contributed by atoms with E-state index in [0.717, 1.165) is 6.92 Å². The predicted octanol–water partition coefficient (Wildman–Crippen LogP) is -2.25. The highest BCUT2D eigenvalue weighted by Gasteiger charge is 2.50. The molecule has 0 aromatic heterocycles. The lowest BCUT2D eigenvalue weighted by molar-refractivity contribution is -0.00488. The maximum Gasteiger partial charge on any atom is 0.290 e. The van der Waals surface area contributed by atoms with Crippen LogP contribution in [0.1, 0.15) is 13.3 Å². The molecule has 0 atom stereocenters. The van der Waals surface area contributed by atoms with Crippen LogP contribution in [-0.4, -0.2) is 55.9 Å². The van der Waals surface area contributed by atoms with Gasteiger partial charge in [0.25, 0.3) is 40.5 Å². The molecule has 0 bridgehead atoms. The topological polar surface area (TPSA) is 173 Å². The van der Waals surface area contributed by atoms with Crippen LogP contribution in [0.3, 0.4) is 0 Å². The van der Waals surface area contributed by atoms with Crippen molar-refractivity contribution in [1.82, 2.24) is 0 Å². The molecule has 130 valence electrons. The Labute approximate surface area is 126 Å². The van der Waals surface area contributed by atoms with Gasteiger partial charge in [-0.25, -0.2) is 16.7 Å². The van der Waals surface area contributed by atoms with E-state index in [0.29, 0.717) is 0 Å². The molecule has 2 rings (SSSR count). The van der Waals surface area contributed by atoms with Crippen molar-refractivity contribution in [2.24, 2.45) is 0 Å². The third-order valence-corrected chi connectivity index (χ3v) is 9.86. The van der Waals surface area contributed by atoms with Crippen LogP contribution < -0.4 is 0 Å². The molecule has 16 heteroatoms. The molecule has 2 aliphatic heterocycles. The summed E-state index contributed by atoms with van der Waals surface area (Å²) >= 11 is 0. The Bertz CT molecular complexity index is 792. The molecule has 0 amide bonds. The van der Waals surface area contributed by atoms with Crippen LogP contribution in [0.25, 0.3) is 0 Å². The zero-order valence-corrected chi connectivity index (χ0v) is 13.9. The quantitative estimate of drug-likeness (QED) is 0.454. The molecule has 12 nitrogen and oxygen atoms in total. The van der Waals surface area contributed by atoms with Crippen molar-refractivity contribution in [2.75, 3.05) is 5.08 Å². The lowest BCUT2D eigenvalue weighted by Gasteiger charge is -2.29. The average molecular weight is 402 g/mol. The van der Waals surface area contributed by atoms with Crippen LogP contribution in [0.15, 0.2) is 0 Å². The molecule has 0 N–H and O–H groups in total. The molecule has 0 aromatic carbocycles. The summed E-state index contributed by atoms with van der Waals surface area (Å²) in [7, 11) is -18.6. The second kappa shape index (κ2) is 5.33. The fourth-order valence-corrected chi connectivity index (χ4v) is 7.85. The van der Waals surface area contributed by atoms with E-state index in [1.807, 2.05) is 0 Å². The molecular weight excluding hydrogens is 392 g/mol. The Morgan fingerprint density at radius 2 is 1.18 bits per heavy atom. The Balaban J connectivity index is 2.33. The molecule has 0 radical (unpaired) electrons. The molecule has 2 saturated heterocycles. The zero-order valence-electron chi connectivity index (χ0n) is 10.7. The zero-order chi connectivity index (χ0) is 17.0. The van der Waals surface area contributed by atoms with Gasteiger partial charge in [0.1, 0.15) is 0 Å². The van der Waals surface area contributed by atoms with Gasteiger partial charge in [0.15, 0.2) is 12.6 Å². The highest BCUT2D eigenvalue weighted by molar-refractivity contribution is 8.05. The molecule has 0 aliphatic carbocycles. The van der Waals surface area contributed by atoms with Gasteiger partial charge in [0, 0.05) is 6.42 Å². The van der Waals surface area contributed by atoms with E-state index >= 15 is 0 Å². The molecular formula is C6H10O12S4. The first-order chi connectivity index (χ1) is 9.73. The fourth-order valence-electron chi connectivity index (χ4n) is 1.71. The van der Waals surface area contributed by atoms with Gasteiger partial charge in [-0.15, -0.1) is 0 Å². The number of hydrogen-bond acceptors (Lipinski definition) is 12. The summed E-state index contributed by atoms with van der Waals surface area (Å²) in [6.45, 7) is 1.01. The predicted molar refractivity (Wildman–Crippen MR) is 66.5 cm³/mol.